The molecule has 128 valence electrons. The van der Waals surface area contributed by atoms with Crippen molar-refractivity contribution >= 4 is 5.96 Å². The molecule has 0 aliphatic carbocycles. The van der Waals surface area contributed by atoms with Gasteiger partial charge in [0.25, 0.3) is 0 Å². The third kappa shape index (κ3) is 5.69. The van der Waals surface area contributed by atoms with Crippen LogP contribution >= 0.6 is 0 Å². The molecule has 1 heterocycles. The number of rotatable bonds is 6. The van der Waals surface area contributed by atoms with Crippen molar-refractivity contribution in [3.63, 3.8) is 0 Å². The van der Waals surface area contributed by atoms with Gasteiger partial charge in [0, 0.05) is 32.5 Å². The summed E-state index contributed by atoms with van der Waals surface area (Å²) in [5.74, 6) is 0.853. The lowest BCUT2D eigenvalue weighted by Crippen LogP contribution is -2.39. The van der Waals surface area contributed by atoms with Gasteiger partial charge in [0.05, 0.1) is 0 Å². The van der Waals surface area contributed by atoms with Crippen LogP contribution in [0.3, 0.4) is 0 Å². The largest absolute Gasteiger partial charge is 0.356 e. The highest BCUT2D eigenvalue weighted by Crippen LogP contribution is 2.09. The summed E-state index contributed by atoms with van der Waals surface area (Å²) in [6.07, 6.45) is 5.71. The molecule has 0 radical (unpaired) electrons. The summed E-state index contributed by atoms with van der Waals surface area (Å²) in [6.45, 7) is 8.11. The van der Waals surface area contributed by atoms with Gasteiger partial charge in [-0.25, -0.2) is 0 Å². The van der Waals surface area contributed by atoms with Crippen LogP contribution in [0.4, 0.5) is 0 Å². The van der Waals surface area contributed by atoms with Crippen LogP contribution in [0.15, 0.2) is 41.7 Å². The number of nitrogens with one attached hydrogen (secondary N) is 2. The minimum atomic E-state index is 0.853. The van der Waals surface area contributed by atoms with Gasteiger partial charge in [-0.3, -0.25) is 9.98 Å². The molecule has 2 rings (SSSR count). The van der Waals surface area contributed by atoms with Gasteiger partial charge >= 0.3 is 0 Å². The molecule has 0 saturated carbocycles. The summed E-state index contributed by atoms with van der Waals surface area (Å²) in [5.41, 5.74) is 6.56. The maximum Gasteiger partial charge on any atom is 0.190 e. The zero-order valence-electron chi connectivity index (χ0n) is 15.2. The Hall–Kier alpha value is -2.36. The molecule has 4 heteroatoms. The first-order valence-electron chi connectivity index (χ1n) is 8.49. The Kier molecular flexibility index (Phi) is 6.79. The number of guanidine groups is 1. The Morgan fingerprint density at radius 1 is 1.00 bits per heavy atom. The predicted octanol–water partition coefficient (Wildman–Crippen LogP) is 2.96. The van der Waals surface area contributed by atoms with Crippen LogP contribution in [0, 0.1) is 20.8 Å². The average Bonchev–Trinajstić information content (AvgIpc) is 2.54. The molecule has 1 aromatic heterocycles. The van der Waals surface area contributed by atoms with Gasteiger partial charge in [0.2, 0.25) is 0 Å². The van der Waals surface area contributed by atoms with Gasteiger partial charge in [-0.05, 0) is 56.4 Å². The zero-order chi connectivity index (χ0) is 17.4. The fourth-order valence-corrected chi connectivity index (χ4v) is 2.86. The molecule has 4 nitrogen and oxygen atoms in total. The number of aromatic nitrogens is 1. The molecule has 0 aliphatic rings. The SMILES string of the molecule is CN=C(NCCc1cc(C)cc(C)c1)NCCc1ccncc1C. The van der Waals surface area contributed by atoms with Crippen molar-refractivity contribution in [2.75, 3.05) is 20.1 Å². The van der Waals surface area contributed by atoms with E-state index in [1.54, 1.807) is 0 Å². The first-order valence-corrected chi connectivity index (χ1v) is 8.49. The minimum Gasteiger partial charge on any atom is -0.356 e. The van der Waals surface area contributed by atoms with E-state index in [0.717, 1.165) is 31.9 Å². The molecule has 0 aliphatic heterocycles. The molecule has 0 amide bonds. The van der Waals surface area contributed by atoms with Crippen molar-refractivity contribution in [3.05, 3.63) is 64.5 Å². The quantitative estimate of drug-likeness (QED) is 0.634. The Balaban J connectivity index is 1.75. The molecule has 0 atom stereocenters. The fourth-order valence-electron chi connectivity index (χ4n) is 2.86. The van der Waals surface area contributed by atoms with Gasteiger partial charge in [-0.15, -0.1) is 0 Å². The molecule has 24 heavy (non-hydrogen) atoms. The maximum atomic E-state index is 4.29. The molecule has 0 unspecified atom stereocenters. The van der Waals surface area contributed by atoms with Crippen LogP contribution in [0.2, 0.25) is 0 Å². The van der Waals surface area contributed by atoms with E-state index in [1.807, 2.05) is 19.4 Å². The van der Waals surface area contributed by atoms with E-state index in [2.05, 4.69) is 65.6 Å². The Labute approximate surface area is 145 Å². The van der Waals surface area contributed by atoms with Crippen LogP contribution in [0.25, 0.3) is 0 Å². The van der Waals surface area contributed by atoms with Crippen LogP contribution < -0.4 is 10.6 Å². The summed E-state index contributed by atoms with van der Waals surface area (Å²) in [7, 11) is 1.81. The standard InChI is InChI=1S/C20H28N4/c1-15-11-16(2)13-18(12-15)5-9-23-20(21-4)24-10-7-19-6-8-22-14-17(19)3/h6,8,11-14H,5,7,9-10H2,1-4H3,(H2,21,23,24). The van der Waals surface area contributed by atoms with E-state index in [1.165, 1.54) is 27.8 Å². The van der Waals surface area contributed by atoms with Crippen LogP contribution in [0.1, 0.15) is 27.8 Å². The normalized spacial score (nSPS) is 11.4. The number of nitrogens with zero attached hydrogens (tertiary/aromatic N) is 2. The van der Waals surface area contributed by atoms with Crippen molar-refractivity contribution < 1.29 is 0 Å². The number of aliphatic imine (C=N–C) groups is 1. The van der Waals surface area contributed by atoms with E-state index >= 15 is 0 Å². The van der Waals surface area contributed by atoms with Crippen LogP contribution in [-0.2, 0) is 12.8 Å². The highest BCUT2D eigenvalue weighted by atomic mass is 15.2. The molecule has 0 spiro atoms. The summed E-state index contributed by atoms with van der Waals surface area (Å²) in [4.78, 5) is 8.42. The smallest absolute Gasteiger partial charge is 0.190 e. The van der Waals surface area contributed by atoms with Gasteiger partial charge in [-0.2, -0.15) is 0 Å². The third-order valence-corrected chi connectivity index (χ3v) is 4.03. The van der Waals surface area contributed by atoms with Gasteiger partial charge in [0.1, 0.15) is 0 Å². The van der Waals surface area contributed by atoms with Crippen molar-refractivity contribution in [1.29, 1.82) is 0 Å². The van der Waals surface area contributed by atoms with E-state index in [4.69, 9.17) is 0 Å². The minimum absolute atomic E-state index is 0.853. The number of hydrogen-bond donors (Lipinski definition) is 2. The lowest BCUT2D eigenvalue weighted by atomic mass is 10.1. The topological polar surface area (TPSA) is 49.3 Å². The third-order valence-electron chi connectivity index (χ3n) is 4.03. The summed E-state index contributed by atoms with van der Waals surface area (Å²) in [5, 5.41) is 6.76. The Morgan fingerprint density at radius 3 is 2.29 bits per heavy atom. The van der Waals surface area contributed by atoms with Crippen molar-refractivity contribution in [2.24, 2.45) is 4.99 Å². The van der Waals surface area contributed by atoms with E-state index < -0.39 is 0 Å². The monoisotopic (exact) mass is 324 g/mol. The molecule has 2 aromatic rings. The number of benzene rings is 1. The second kappa shape index (κ2) is 9.06. The highest BCUT2D eigenvalue weighted by Gasteiger charge is 2.01. The first kappa shape index (κ1) is 18.0. The molecular weight excluding hydrogens is 296 g/mol. The van der Waals surface area contributed by atoms with E-state index in [0.29, 0.717) is 0 Å². The summed E-state index contributed by atoms with van der Waals surface area (Å²) >= 11 is 0. The predicted molar refractivity (Wildman–Crippen MR) is 102 cm³/mol. The number of pyridine rings is 1. The van der Waals surface area contributed by atoms with Crippen LogP contribution in [-0.4, -0.2) is 31.1 Å². The zero-order valence-corrected chi connectivity index (χ0v) is 15.2. The molecule has 1 aromatic carbocycles. The fraction of sp³-hybridized carbons (Fsp3) is 0.400. The lowest BCUT2D eigenvalue weighted by Gasteiger charge is -2.13. The summed E-state index contributed by atoms with van der Waals surface area (Å²) in [6, 6.07) is 8.78. The first-order chi connectivity index (χ1) is 11.6. The van der Waals surface area contributed by atoms with E-state index in [9.17, 15) is 0 Å². The van der Waals surface area contributed by atoms with Crippen molar-refractivity contribution in [3.8, 4) is 0 Å². The number of aryl methyl sites for hydroxylation is 3. The second-order valence-electron chi connectivity index (χ2n) is 6.22. The lowest BCUT2D eigenvalue weighted by molar-refractivity contribution is 0.781. The average molecular weight is 324 g/mol. The molecule has 0 saturated heterocycles. The van der Waals surface area contributed by atoms with Crippen LogP contribution in [0.5, 0.6) is 0 Å². The summed E-state index contributed by atoms with van der Waals surface area (Å²) < 4.78 is 0. The molecule has 0 fully saturated rings. The van der Waals surface area contributed by atoms with E-state index in [-0.39, 0.29) is 0 Å². The van der Waals surface area contributed by atoms with Gasteiger partial charge < -0.3 is 10.6 Å². The highest BCUT2D eigenvalue weighted by molar-refractivity contribution is 5.79. The Morgan fingerprint density at radius 2 is 1.67 bits per heavy atom. The van der Waals surface area contributed by atoms with Gasteiger partial charge in [-0.1, -0.05) is 29.3 Å². The maximum absolute atomic E-state index is 4.29. The second-order valence-corrected chi connectivity index (χ2v) is 6.22. The van der Waals surface area contributed by atoms with Crippen molar-refractivity contribution in [2.45, 2.75) is 33.6 Å². The molecule has 0 bridgehead atoms. The Bertz CT molecular complexity index is 672. The molecule has 2 N–H and O–H groups in total. The van der Waals surface area contributed by atoms with Crippen molar-refractivity contribution in [1.82, 2.24) is 15.6 Å². The van der Waals surface area contributed by atoms with Gasteiger partial charge in [0.15, 0.2) is 5.96 Å². The molecular formula is C20H28N4. The number of hydrogen-bond acceptors (Lipinski definition) is 2.